The highest BCUT2D eigenvalue weighted by Crippen LogP contribution is 2.40. The molecule has 1 atom stereocenters. The molecular weight excluding hydrogens is 216 g/mol. The number of hydrogen-bond acceptors (Lipinski definition) is 3. The van der Waals surface area contributed by atoms with Gasteiger partial charge in [-0.1, -0.05) is 37.5 Å². The normalized spacial score (nSPS) is 20.9. The van der Waals surface area contributed by atoms with Crippen LogP contribution in [0.2, 0.25) is 0 Å². The van der Waals surface area contributed by atoms with Crippen molar-refractivity contribution >= 4 is 0 Å². The Morgan fingerprint density at radius 2 is 1.82 bits per heavy atom. The van der Waals surface area contributed by atoms with Crippen molar-refractivity contribution in [2.45, 2.75) is 43.8 Å². The smallest absolute Gasteiger partial charge is 0.124 e. The van der Waals surface area contributed by atoms with E-state index in [9.17, 15) is 10.2 Å². The molecule has 3 nitrogen and oxygen atoms in total. The first-order chi connectivity index (χ1) is 8.17. The maximum atomic E-state index is 10.5. The molecule has 1 unspecified atom stereocenters. The van der Waals surface area contributed by atoms with E-state index in [1.165, 1.54) is 0 Å². The molecule has 0 amide bonds. The van der Waals surface area contributed by atoms with Gasteiger partial charge < -0.3 is 14.9 Å². The fourth-order valence-corrected chi connectivity index (χ4v) is 2.62. The first-order valence-electron chi connectivity index (χ1n) is 6.21. The van der Waals surface area contributed by atoms with E-state index < -0.39 is 11.7 Å². The van der Waals surface area contributed by atoms with Crippen LogP contribution >= 0.6 is 0 Å². The third-order valence-corrected chi connectivity index (χ3v) is 3.66. The molecule has 94 valence electrons. The van der Waals surface area contributed by atoms with Crippen molar-refractivity contribution in [1.29, 1.82) is 0 Å². The van der Waals surface area contributed by atoms with Gasteiger partial charge in [0.1, 0.15) is 11.9 Å². The lowest BCUT2D eigenvalue weighted by atomic mass is 9.78. The molecule has 0 heterocycles. The molecule has 2 N–H and O–H groups in total. The van der Waals surface area contributed by atoms with Gasteiger partial charge in [-0.05, 0) is 18.9 Å². The second-order valence-corrected chi connectivity index (χ2v) is 4.81. The minimum absolute atomic E-state index is 0.638. The summed E-state index contributed by atoms with van der Waals surface area (Å²) in [5.74, 6) is 0.638. The Morgan fingerprint density at radius 1 is 1.18 bits per heavy atom. The zero-order chi connectivity index (χ0) is 12.3. The van der Waals surface area contributed by atoms with Crippen LogP contribution in [0.4, 0.5) is 0 Å². The average molecular weight is 236 g/mol. The molecule has 17 heavy (non-hydrogen) atoms. The number of para-hydroxylation sites is 1. The Balaban J connectivity index is 2.26. The molecule has 1 aliphatic carbocycles. The number of aliphatic hydroxyl groups is 2. The van der Waals surface area contributed by atoms with Crippen LogP contribution in [0.5, 0.6) is 5.75 Å². The van der Waals surface area contributed by atoms with Gasteiger partial charge >= 0.3 is 0 Å². The minimum Gasteiger partial charge on any atom is -0.496 e. The molecule has 1 aromatic rings. The standard InChI is InChI=1S/C14H20O3/c1-17-12-8-4-3-7-11(12)13(15)14(16)9-5-2-6-10-14/h3-4,7-8,13,15-16H,2,5-6,9-10H2,1H3. The molecule has 0 saturated heterocycles. The van der Waals surface area contributed by atoms with E-state index in [1.54, 1.807) is 7.11 Å². The van der Waals surface area contributed by atoms with Crippen LogP contribution in [0.1, 0.15) is 43.8 Å². The zero-order valence-corrected chi connectivity index (χ0v) is 10.2. The quantitative estimate of drug-likeness (QED) is 0.847. The van der Waals surface area contributed by atoms with E-state index in [-0.39, 0.29) is 0 Å². The van der Waals surface area contributed by atoms with Crippen LogP contribution in [-0.2, 0) is 0 Å². The van der Waals surface area contributed by atoms with Crippen LogP contribution in [0.25, 0.3) is 0 Å². The van der Waals surface area contributed by atoms with Gasteiger partial charge in [0.15, 0.2) is 0 Å². The van der Waals surface area contributed by atoms with Gasteiger partial charge in [0.2, 0.25) is 0 Å². The largest absolute Gasteiger partial charge is 0.496 e. The summed E-state index contributed by atoms with van der Waals surface area (Å²) < 4.78 is 5.23. The highest BCUT2D eigenvalue weighted by Gasteiger charge is 2.38. The van der Waals surface area contributed by atoms with Crippen LogP contribution < -0.4 is 4.74 Å². The molecule has 3 heteroatoms. The fraction of sp³-hybridized carbons (Fsp3) is 0.571. The molecule has 0 aromatic heterocycles. The summed E-state index contributed by atoms with van der Waals surface area (Å²) in [5, 5.41) is 20.9. The van der Waals surface area contributed by atoms with Gasteiger partial charge in [0.25, 0.3) is 0 Å². The number of benzene rings is 1. The van der Waals surface area contributed by atoms with Gasteiger partial charge in [-0.25, -0.2) is 0 Å². The van der Waals surface area contributed by atoms with Crippen LogP contribution in [0.15, 0.2) is 24.3 Å². The molecule has 1 aromatic carbocycles. The summed E-state index contributed by atoms with van der Waals surface area (Å²) in [5.41, 5.74) is -0.313. The summed E-state index contributed by atoms with van der Waals surface area (Å²) in [6.45, 7) is 0. The molecule has 1 fully saturated rings. The Kier molecular flexibility index (Phi) is 3.69. The lowest BCUT2D eigenvalue weighted by Gasteiger charge is -2.36. The van der Waals surface area contributed by atoms with Crippen molar-refractivity contribution in [1.82, 2.24) is 0 Å². The van der Waals surface area contributed by atoms with Crippen LogP contribution in [0, 0.1) is 0 Å². The van der Waals surface area contributed by atoms with E-state index in [0.717, 1.165) is 19.3 Å². The summed E-state index contributed by atoms with van der Waals surface area (Å²) in [4.78, 5) is 0. The summed E-state index contributed by atoms with van der Waals surface area (Å²) in [6.07, 6.45) is 3.55. The summed E-state index contributed by atoms with van der Waals surface area (Å²) in [6, 6.07) is 7.34. The second kappa shape index (κ2) is 5.07. The SMILES string of the molecule is COc1ccccc1C(O)C1(O)CCCCC1. The predicted octanol–water partition coefficient (Wildman–Crippen LogP) is 2.42. The Morgan fingerprint density at radius 3 is 2.47 bits per heavy atom. The second-order valence-electron chi connectivity index (χ2n) is 4.81. The van der Waals surface area contributed by atoms with Gasteiger partial charge in [0.05, 0.1) is 12.7 Å². The Bertz CT molecular complexity index is 369. The van der Waals surface area contributed by atoms with Gasteiger partial charge in [-0.2, -0.15) is 0 Å². The molecule has 1 saturated carbocycles. The topological polar surface area (TPSA) is 49.7 Å². The van der Waals surface area contributed by atoms with Crippen molar-refractivity contribution in [3.05, 3.63) is 29.8 Å². The average Bonchev–Trinajstić information content (AvgIpc) is 2.38. The van der Waals surface area contributed by atoms with Gasteiger partial charge in [-0.3, -0.25) is 0 Å². The van der Waals surface area contributed by atoms with Crippen LogP contribution in [0.3, 0.4) is 0 Å². The molecule has 0 aliphatic heterocycles. The molecule has 0 radical (unpaired) electrons. The predicted molar refractivity (Wildman–Crippen MR) is 66.0 cm³/mol. The fourth-order valence-electron chi connectivity index (χ4n) is 2.62. The lowest BCUT2D eigenvalue weighted by Crippen LogP contribution is -2.38. The molecule has 0 bridgehead atoms. The number of rotatable bonds is 3. The highest BCUT2D eigenvalue weighted by atomic mass is 16.5. The minimum atomic E-state index is -0.993. The summed E-state index contributed by atoms with van der Waals surface area (Å²) >= 11 is 0. The first-order valence-corrected chi connectivity index (χ1v) is 6.21. The maximum Gasteiger partial charge on any atom is 0.124 e. The first kappa shape index (κ1) is 12.4. The maximum absolute atomic E-state index is 10.5. The molecule has 1 aliphatic rings. The van der Waals surface area contributed by atoms with Crippen molar-refractivity contribution in [2.24, 2.45) is 0 Å². The van der Waals surface area contributed by atoms with Crippen LogP contribution in [-0.4, -0.2) is 22.9 Å². The monoisotopic (exact) mass is 236 g/mol. The third kappa shape index (κ3) is 2.45. The van der Waals surface area contributed by atoms with E-state index in [1.807, 2.05) is 24.3 Å². The molecule has 0 spiro atoms. The van der Waals surface area contributed by atoms with Crippen molar-refractivity contribution < 1.29 is 14.9 Å². The van der Waals surface area contributed by atoms with E-state index in [2.05, 4.69) is 0 Å². The number of methoxy groups -OCH3 is 1. The molecular formula is C14H20O3. The lowest BCUT2D eigenvalue weighted by molar-refractivity contribution is -0.0998. The zero-order valence-electron chi connectivity index (χ0n) is 10.2. The van der Waals surface area contributed by atoms with Crippen molar-refractivity contribution in [3.8, 4) is 5.75 Å². The third-order valence-electron chi connectivity index (χ3n) is 3.66. The molecule has 2 rings (SSSR count). The van der Waals surface area contributed by atoms with Crippen molar-refractivity contribution in [3.63, 3.8) is 0 Å². The van der Waals surface area contributed by atoms with E-state index >= 15 is 0 Å². The van der Waals surface area contributed by atoms with E-state index in [0.29, 0.717) is 24.2 Å². The summed E-state index contributed by atoms with van der Waals surface area (Å²) in [7, 11) is 1.58. The van der Waals surface area contributed by atoms with Crippen molar-refractivity contribution in [2.75, 3.05) is 7.11 Å². The van der Waals surface area contributed by atoms with Gasteiger partial charge in [0, 0.05) is 5.56 Å². The number of ether oxygens (including phenoxy) is 1. The number of hydrogen-bond donors (Lipinski definition) is 2. The highest BCUT2D eigenvalue weighted by molar-refractivity contribution is 5.36. The van der Waals surface area contributed by atoms with E-state index in [4.69, 9.17) is 4.74 Å². The number of aliphatic hydroxyl groups excluding tert-OH is 1. The van der Waals surface area contributed by atoms with Gasteiger partial charge in [-0.15, -0.1) is 0 Å². The Hall–Kier alpha value is -1.06. The Labute approximate surface area is 102 Å².